The summed E-state index contributed by atoms with van der Waals surface area (Å²) >= 11 is 0. The summed E-state index contributed by atoms with van der Waals surface area (Å²) in [5.74, 6) is 3.72. The van der Waals surface area contributed by atoms with Crippen LogP contribution in [0.25, 0.3) is 0 Å². The average molecular weight is 373 g/mol. The largest absolute Gasteiger partial charge is 0.489 e. The molecule has 0 aromatic rings. The molecule has 0 saturated heterocycles. The summed E-state index contributed by atoms with van der Waals surface area (Å²) in [7, 11) is 0. The summed E-state index contributed by atoms with van der Waals surface area (Å²) in [6.45, 7) is 4.32. The molecule has 3 fully saturated rings. The lowest BCUT2D eigenvalue weighted by Crippen LogP contribution is -2.41. The van der Waals surface area contributed by atoms with Gasteiger partial charge in [0, 0.05) is 0 Å². The number of rotatable bonds is 4. The van der Waals surface area contributed by atoms with E-state index in [2.05, 4.69) is 6.92 Å². The predicted octanol–water partition coefficient (Wildman–Crippen LogP) is 7.13. The van der Waals surface area contributed by atoms with Crippen molar-refractivity contribution in [1.29, 1.82) is 0 Å². The van der Waals surface area contributed by atoms with Gasteiger partial charge in [-0.2, -0.15) is 8.78 Å². The first-order chi connectivity index (χ1) is 12.4. The summed E-state index contributed by atoms with van der Waals surface area (Å²) in [4.78, 5) is 0. The lowest BCUT2D eigenvalue weighted by atomic mass is 9.64. The molecular weight excluding hydrogens is 337 g/mol. The summed E-state index contributed by atoms with van der Waals surface area (Å²) < 4.78 is 44.1. The second kappa shape index (κ2) is 9.01. The van der Waals surface area contributed by atoms with Crippen molar-refractivity contribution in [3.05, 3.63) is 12.3 Å². The molecule has 3 saturated carbocycles. The Kier molecular flexibility index (Phi) is 6.96. The Morgan fingerprint density at radius 1 is 0.769 bits per heavy atom. The van der Waals surface area contributed by atoms with Crippen LogP contribution < -0.4 is 0 Å². The topological polar surface area (TPSA) is 9.23 Å². The molecule has 4 heteroatoms. The Bertz CT molecular complexity index is 448. The third-order valence-corrected chi connectivity index (χ3v) is 7.64. The van der Waals surface area contributed by atoms with Crippen molar-refractivity contribution in [2.45, 2.75) is 90.3 Å². The Morgan fingerprint density at radius 3 is 1.77 bits per heavy atom. The Balaban J connectivity index is 1.47. The van der Waals surface area contributed by atoms with Crippen LogP contribution in [0.2, 0.25) is 0 Å². The third kappa shape index (κ3) is 4.98. The summed E-state index contributed by atoms with van der Waals surface area (Å²) in [6.07, 6.45) is 8.74. The summed E-state index contributed by atoms with van der Waals surface area (Å²) in [5, 5.41) is 0. The van der Waals surface area contributed by atoms with Gasteiger partial charge in [-0.3, -0.25) is 0 Å². The minimum atomic E-state index is -1.89. The highest BCUT2D eigenvalue weighted by Crippen LogP contribution is 2.46. The molecule has 0 radical (unpaired) electrons. The van der Waals surface area contributed by atoms with E-state index < -0.39 is 18.4 Å². The summed E-state index contributed by atoms with van der Waals surface area (Å²) in [6, 6.07) is 0. The number of hydrogen-bond donors (Lipinski definition) is 0. The van der Waals surface area contributed by atoms with Crippen LogP contribution in [0.1, 0.15) is 78.1 Å². The standard InChI is InChI=1S/C22H35F3O/c1-14-3-5-16(6-4-14)17-7-9-18(10-8-17)19-11-15(2)22(20(23)12-19)26-13-21(24)25/h13-20,22H,3-12H2,1-2H3. The fourth-order valence-corrected chi connectivity index (χ4v) is 6.07. The number of hydrogen-bond acceptors (Lipinski definition) is 1. The molecule has 0 aromatic carbocycles. The molecule has 0 amide bonds. The van der Waals surface area contributed by atoms with E-state index in [0.29, 0.717) is 24.5 Å². The predicted molar refractivity (Wildman–Crippen MR) is 98.5 cm³/mol. The Morgan fingerprint density at radius 2 is 1.27 bits per heavy atom. The lowest BCUT2D eigenvalue weighted by molar-refractivity contribution is -0.0426. The Labute approximate surface area is 156 Å². The average Bonchev–Trinajstić information content (AvgIpc) is 2.61. The molecule has 150 valence electrons. The molecule has 0 bridgehead atoms. The number of halogens is 3. The molecule has 26 heavy (non-hydrogen) atoms. The zero-order valence-corrected chi connectivity index (χ0v) is 16.3. The van der Waals surface area contributed by atoms with Gasteiger partial charge in [0.25, 0.3) is 0 Å². The molecule has 0 heterocycles. The maximum Gasteiger partial charge on any atom is 0.304 e. The fourth-order valence-electron chi connectivity index (χ4n) is 6.07. The van der Waals surface area contributed by atoms with Crippen molar-refractivity contribution in [3.63, 3.8) is 0 Å². The second-order valence-electron chi connectivity index (χ2n) is 9.43. The highest BCUT2D eigenvalue weighted by atomic mass is 19.3. The first kappa shape index (κ1) is 20.1. The first-order valence-corrected chi connectivity index (χ1v) is 10.7. The molecule has 4 unspecified atom stereocenters. The van der Waals surface area contributed by atoms with Crippen molar-refractivity contribution in [1.82, 2.24) is 0 Å². The maximum absolute atomic E-state index is 14.6. The van der Waals surface area contributed by atoms with E-state index in [1.54, 1.807) is 0 Å². The van der Waals surface area contributed by atoms with Crippen molar-refractivity contribution in [2.75, 3.05) is 0 Å². The fraction of sp³-hybridized carbons (Fsp3) is 0.909. The van der Waals surface area contributed by atoms with Crippen LogP contribution in [0.4, 0.5) is 13.2 Å². The molecule has 0 aromatic heterocycles. The third-order valence-electron chi connectivity index (χ3n) is 7.64. The molecule has 0 N–H and O–H groups in total. The second-order valence-corrected chi connectivity index (χ2v) is 9.43. The quantitative estimate of drug-likeness (QED) is 0.477. The van der Waals surface area contributed by atoms with Crippen molar-refractivity contribution >= 4 is 0 Å². The van der Waals surface area contributed by atoms with Gasteiger partial charge in [-0.15, -0.1) is 0 Å². The minimum Gasteiger partial charge on any atom is -0.489 e. The van der Waals surface area contributed by atoms with Crippen LogP contribution in [0, 0.1) is 35.5 Å². The van der Waals surface area contributed by atoms with Crippen LogP contribution in [0.15, 0.2) is 12.3 Å². The Hall–Kier alpha value is -0.670. The van der Waals surface area contributed by atoms with E-state index in [9.17, 15) is 13.2 Å². The van der Waals surface area contributed by atoms with E-state index in [0.717, 1.165) is 24.2 Å². The maximum atomic E-state index is 14.6. The highest BCUT2D eigenvalue weighted by Gasteiger charge is 2.41. The van der Waals surface area contributed by atoms with Gasteiger partial charge in [0.05, 0.1) is 0 Å². The zero-order chi connectivity index (χ0) is 18.7. The van der Waals surface area contributed by atoms with Gasteiger partial charge in [0.2, 0.25) is 0 Å². The van der Waals surface area contributed by atoms with Gasteiger partial charge >= 0.3 is 6.08 Å². The molecule has 3 rings (SSSR count). The van der Waals surface area contributed by atoms with Gasteiger partial charge in [0.15, 0.2) is 0 Å². The van der Waals surface area contributed by atoms with E-state index in [1.807, 2.05) is 6.92 Å². The van der Waals surface area contributed by atoms with E-state index >= 15 is 0 Å². The SMILES string of the molecule is CC1CCC(C2CCC(C3CC(C)C(OC=C(F)F)C(F)C3)CC2)CC1. The molecule has 1 nitrogen and oxygen atoms in total. The van der Waals surface area contributed by atoms with E-state index in [-0.39, 0.29) is 5.92 Å². The molecule has 0 spiro atoms. The van der Waals surface area contributed by atoms with Gasteiger partial charge in [-0.25, -0.2) is 4.39 Å². The van der Waals surface area contributed by atoms with Crippen LogP contribution in [-0.2, 0) is 4.74 Å². The van der Waals surface area contributed by atoms with Gasteiger partial charge in [-0.05, 0) is 86.9 Å². The van der Waals surface area contributed by atoms with Crippen LogP contribution in [0.5, 0.6) is 0 Å². The van der Waals surface area contributed by atoms with Crippen molar-refractivity contribution in [2.24, 2.45) is 35.5 Å². The van der Waals surface area contributed by atoms with Crippen LogP contribution in [-0.4, -0.2) is 12.3 Å². The monoisotopic (exact) mass is 372 g/mol. The smallest absolute Gasteiger partial charge is 0.304 e. The molecule has 3 aliphatic carbocycles. The zero-order valence-electron chi connectivity index (χ0n) is 16.3. The molecular formula is C22H35F3O. The van der Waals surface area contributed by atoms with Crippen molar-refractivity contribution in [3.8, 4) is 0 Å². The highest BCUT2D eigenvalue weighted by molar-refractivity contribution is 4.92. The number of alkyl halides is 1. The molecule has 0 aliphatic heterocycles. The first-order valence-electron chi connectivity index (χ1n) is 10.7. The normalized spacial score (nSPS) is 44.3. The van der Waals surface area contributed by atoms with E-state index in [1.165, 1.54) is 51.4 Å². The van der Waals surface area contributed by atoms with Gasteiger partial charge in [0.1, 0.15) is 18.5 Å². The number of ether oxygens (including phenoxy) is 1. The van der Waals surface area contributed by atoms with E-state index in [4.69, 9.17) is 4.74 Å². The molecule has 4 atom stereocenters. The minimum absolute atomic E-state index is 0.00287. The van der Waals surface area contributed by atoms with Gasteiger partial charge < -0.3 is 4.74 Å². The van der Waals surface area contributed by atoms with Crippen LogP contribution >= 0.6 is 0 Å². The summed E-state index contributed by atoms with van der Waals surface area (Å²) in [5.41, 5.74) is 0. The van der Waals surface area contributed by atoms with Crippen LogP contribution in [0.3, 0.4) is 0 Å². The van der Waals surface area contributed by atoms with Crippen molar-refractivity contribution < 1.29 is 17.9 Å². The van der Waals surface area contributed by atoms with Gasteiger partial charge in [-0.1, -0.05) is 26.7 Å². The lowest BCUT2D eigenvalue weighted by Gasteiger charge is -2.43. The molecule has 3 aliphatic rings.